The number of hydrogen-bond acceptors (Lipinski definition) is 1. The molecule has 27 heavy (non-hydrogen) atoms. The van der Waals surface area contributed by atoms with Gasteiger partial charge in [0, 0.05) is 6.61 Å². The lowest BCUT2D eigenvalue weighted by atomic mass is 9.65. The van der Waals surface area contributed by atoms with Crippen molar-refractivity contribution in [3.05, 3.63) is 0 Å². The van der Waals surface area contributed by atoms with Crippen molar-refractivity contribution in [2.45, 2.75) is 129 Å². The Morgan fingerprint density at radius 3 is 1.52 bits per heavy atom. The summed E-state index contributed by atoms with van der Waals surface area (Å²) >= 11 is 0. The molecule has 2 aliphatic rings. The van der Waals surface area contributed by atoms with Crippen LogP contribution in [0.1, 0.15) is 129 Å². The molecule has 0 radical (unpaired) electrons. The molecule has 1 atom stereocenters. The molecule has 1 N–H and O–H groups in total. The van der Waals surface area contributed by atoms with Crippen molar-refractivity contribution in [1.29, 1.82) is 0 Å². The summed E-state index contributed by atoms with van der Waals surface area (Å²) < 4.78 is 0. The van der Waals surface area contributed by atoms with Gasteiger partial charge in [-0.2, -0.15) is 0 Å². The molecule has 2 aliphatic carbocycles. The molecule has 0 aliphatic heterocycles. The minimum atomic E-state index is 0.415. The van der Waals surface area contributed by atoms with Gasteiger partial charge in [0.05, 0.1) is 0 Å². The quantitative estimate of drug-likeness (QED) is 0.320. The van der Waals surface area contributed by atoms with Crippen LogP contribution in [0.2, 0.25) is 0 Å². The summed E-state index contributed by atoms with van der Waals surface area (Å²) in [5.74, 6) is 4.70. The van der Waals surface area contributed by atoms with E-state index in [9.17, 15) is 5.11 Å². The van der Waals surface area contributed by atoms with Crippen LogP contribution >= 0.6 is 0 Å². The van der Waals surface area contributed by atoms with E-state index in [1.807, 2.05) is 0 Å². The molecule has 160 valence electrons. The largest absolute Gasteiger partial charge is 0.396 e. The highest BCUT2D eigenvalue weighted by Crippen LogP contribution is 2.45. The highest BCUT2D eigenvalue weighted by Gasteiger charge is 2.34. The molecule has 1 heteroatoms. The fraction of sp³-hybridized carbons (Fsp3) is 1.00. The predicted molar refractivity (Wildman–Crippen MR) is 119 cm³/mol. The standard InChI is InChI=1S/C26H50O/c1-3-5-7-9-11-23-14-18-25(19-15-23)26(20-21-27)24-16-12-22(13-17-24)10-8-6-4-2/h22-27H,3-21H2,1-2H3. The Balaban J connectivity index is 1.71. The Morgan fingerprint density at radius 2 is 1.07 bits per heavy atom. The van der Waals surface area contributed by atoms with Crippen LogP contribution in [-0.4, -0.2) is 11.7 Å². The van der Waals surface area contributed by atoms with Crippen molar-refractivity contribution in [3.63, 3.8) is 0 Å². The Kier molecular flexibility index (Phi) is 12.1. The third-order valence-corrected chi connectivity index (χ3v) is 8.14. The van der Waals surface area contributed by atoms with Gasteiger partial charge < -0.3 is 5.11 Å². The zero-order chi connectivity index (χ0) is 19.3. The van der Waals surface area contributed by atoms with Crippen molar-refractivity contribution in [2.75, 3.05) is 6.61 Å². The zero-order valence-electron chi connectivity index (χ0n) is 18.8. The second-order valence-corrected chi connectivity index (χ2v) is 10.1. The molecule has 2 rings (SSSR count). The maximum absolute atomic E-state index is 9.71. The van der Waals surface area contributed by atoms with Gasteiger partial charge in [-0.25, -0.2) is 0 Å². The molecule has 0 aromatic heterocycles. The smallest absolute Gasteiger partial charge is 0.0433 e. The van der Waals surface area contributed by atoms with E-state index in [1.165, 1.54) is 109 Å². The molecule has 0 aromatic rings. The fourth-order valence-electron chi connectivity index (χ4n) is 6.36. The minimum absolute atomic E-state index is 0.415. The van der Waals surface area contributed by atoms with Gasteiger partial charge in [0.1, 0.15) is 0 Å². The molecule has 0 saturated heterocycles. The number of aliphatic hydroxyl groups is 1. The Bertz CT molecular complexity index is 336. The van der Waals surface area contributed by atoms with Crippen LogP contribution in [0.3, 0.4) is 0 Å². The summed E-state index contributed by atoms with van der Waals surface area (Å²) in [6, 6.07) is 0. The molecular formula is C26H50O. The summed E-state index contributed by atoms with van der Waals surface area (Å²) in [4.78, 5) is 0. The summed E-state index contributed by atoms with van der Waals surface area (Å²) in [6.45, 7) is 5.04. The van der Waals surface area contributed by atoms with Crippen LogP contribution in [0.15, 0.2) is 0 Å². The Hall–Kier alpha value is -0.0400. The summed E-state index contributed by atoms with van der Waals surface area (Å²) in [5.41, 5.74) is 0. The first kappa shape index (κ1) is 23.2. The third-order valence-electron chi connectivity index (χ3n) is 8.14. The van der Waals surface area contributed by atoms with Crippen molar-refractivity contribution in [2.24, 2.45) is 29.6 Å². The summed E-state index contributed by atoms with van der Waals surface area (Å²) in [6.07, 6.45) is 25.7. The maximum Gasteiger partial charge on any atom is 0.0433 e. The van der Waals surface area contributed by atoms with Gasteiger partial charge >= 0.3 is 0 Å². The number of rotatable bonds is 13. The monoisotopic (exact) mass is 378 g/mol. The zero-order valence-corrected chi connectivity index (χ0v) is 18.8. The number of aliphatic hydroxyl groups excluding tert-OH is 1. The highest BCUT2D eigenvalue weighted by atomic mass is 16.3. The first-order valence-electron chi connectivity index (χ1n) is 12.9. The van der Waals surface area contributed by atoms with Gasteiger partial charge in [-0.1, -0.05) is 97.3 Å². The predicted octanol–water partition coefficient (Wildman–Crippen LogP) is 8.15. The average Bonchev–Trinajstić information content (AvgIpc) is 2.71. The van der Waals surface area contributed by atoms with Crippen LogP contribution in [0.25, 0.3) is 0 Å². The summed E-state index contributed by atoms with van der Waals surface area (Å²) in [7, 11) is 0. The minimum Gasteiger partial charge on any atom is -0.396 e. The fourth-order valence-corrected chi connectivity index (χ4v) is 6.36. The molecule has 2 fully saturated rings. The normalized spacial score (nSPS) is 30.3. The number of unbranched alkanes of at least 4 members (excludes halogenated alkanes) is 5. The molecule has 0 bridgehead atoms. The van der Waals surface area contributed by atoms with E-state index in [0.29, 0.717) is 6.61 Å². The SMILES string of the molecule is CCCCCCC1CCC(C(CCO)C2CCC(CCCCC)CC2)CC1. The summed E-state index contributed by atoms with van der Waals surface area (Å²) in [5, 5.41) is 9.71. The van der Waals surface area contributed by atoms with Crippen molar-refractivity contribution >= 4 is 0 Å². The van der Waals surface area contributed by atoms with Crippen LogP contribution in [-0.2, 0) is 0 Å². The van der Waals surface area contributed by atoms with Crippen molar-refractivity contribution in [3.8, 4) is 0 Å². The van der Waals surface area contributed by atoms with Crippen LogP contribution in [0.5, 0.6) is 0 Å². The number of hydrogen-bond donors (Lipinski definition) is 1. The lowest BCUT2D eigenvalue weighted by Gasteiger charge is -2.41. The first-order chi connectivity index (χ1) is 13.3. The molecule has 2 saturated carbocycles. The molecule has 1 unspecified atom stereocenters. The van der Waals surface area contributed by atoms with Gasteiger partial charge in [-0.3, -0.25) is 0 Å². The lowest BCUT2D eigenvalue weighted by molar-refractivity contribution is 0.0854. The second-order valence-electron chi connectivity index (χ2n) is 10.1. The molecule has 0 amide bonds. The Labute approximate surface area is 171 Å². The first-order valence-corrected chi connectivity index (χ1v) is 12.9. The molecule has 0 heterocycles. The van der Waals surface area contributed by atoms with E-state index in [-0.39, 0.29) is 0 Å². The van der Waals surface area contributed by atoms with E-state index >= 15 is 0 Å². The van der Waals surface area contributed by atoms with Crippen molar-refractivity contribution < 1.29 is 5.11 Å². The van der Waals surface area contributed by atoms with Gasteiger partial charge in [0.2, 0.25) is 0 Å². The average molecular weight is 379 g/mol. The van der Waals surface area contributed by atoms with Gasteiger partial charge in [-0.05, 0) is 61.7 Å². The lowest BCUT2D eigenvalue weighted by Crippen LogP contribution is -2.31. The van der Waals surface area contributed by atoms with Gasteiger partial charge in [-0.15, -0.1) is 0 Å². The van der Waals surface area contributed by atoms with E-state index in [0.717, 1.165) is 36.0 Å². The molecule has 0 aromatic carbocycles. The van der Waals surface area contributed by atoms with E-state index in [1.54, 1.807) is 0 Å². The van der Waals surface area contributed by atoms with Gasteiger partial charge in [0.25, 0.3) is 0 Å². The highest BCUT2D eigenvalue weighted by molar-refractivity contribution is 4.85. The van der Waals surface area contributed by atoms with E-state index in [4.69, 9.17) is 0 Å². The van der Waals surface area contributed by atoms with E-state index in [2.05, 4.69) is 13.8 Å². The molecule has 1 nitrogen and oxygen atoms in total. The topological polar surface area (TPSA) is 20.2 Å². The van der Waals surface area contributed by atoms with Crippen LogP contribution < -0.4 is 0 Å². The maximum atomic E-state index is 9.71. The van der Waals surface area contributed by atoms with Crippen molar-refractivity contribution in [1.82, 2.24) is 0 Å². The molecular weight excluding hydrogens is 328 g/mol. The Morgan fingerprint density at radius 1 is 0.630 bits per heavy atom. The van der Waals surface area contributed by atoms with Crippen LogP contribution in [0.4, 0.5) is 0 Å². The second kappa shape index (κ2) is 14.0. The van der Waals surface area contributed by atoms with E-state index < -0.39 is 0 Å². The van der Waals surface area contributed by atoms with Crippen LogP contribution in [0, 0.1) is 29.6 Å². The molecule has 0 spiro atoms. The third kappa shape index (κ3) is 8.46. The van der Waals surface area contributed by atoms with Gasteiger partial charge in [0.15, 0.2) is 0 Å².